The third kappa shape index (κ3) is 1.76. The summed E-state index contributed by atoms with van der Waals surface area (Å²) in [4.78, 5) is 18.5. The Morgan fingerprint density at radius 3 is 2.91 bits per heavy atom. The van der Waals surface area contributed by atoms with Gasteiger partial charge in [0.2, 0.25) is 0 Å². The second-order valence-corrected chi connectivity index (χ2v) is 5.50. The number of nitriles is 1. The normalized spacial score (nSPS) is 16.3. The van der Waals surface area contributed by atoms with Gasteiger partial charge in [0, 0.05) is 36.6 Å². The zero-order chi connectivity index (χ0) is 15.1. The molecular formula is C18H13N3O. The van der Waals surface area contributed by atoms with Gasteiger partial charge in [-0.05, 0) is 29.7 Å². The fraction of sp³-hybridized carbons (Fsp3) is 0.167. The molecule has 4 rings (SSSR count). The first-order chi connectivity index (χ1) is 10.8. The molecule has 0 bridgehead atoms. The van der Waals surface area contributed by atoms with Crippen LogP contribution in [0.15, 0.2) is 48.3 Å². The molecule has 4 heteroatoms. The topological polar surface area (TPSA) is 57.0 Å². The van der Waals surface area contributed by atoms with E-state index in [-0.39, 0.29) is 17.8 Å². The molecule has 4 nitrogen and oxygen atoms in total. The largest absolute Gasteiger partial charge is 0.339 e. The van der Waals surface area contributed by atoms with Crippen molar-refractivity contribution >= 4 is 17.2 Å². The van der Waals surface area contributed by atoms with Gasteiger partial charge in [0.25, 0.3) is 0 Å². The van der Waals surface area contributed by atoms with Crippen molar-refractivity contribution in [2.75, 3.05) is 11.4 Å². The number of carbonyl (C=O) groups is 1. The molecule has 1 aliphatic heterocycles. The van der Waals surface area contributed by atoms with Crippen molar-refractivity contribution in [3.8, 4) is 6.07 Å². The van der Waals surface area contributed by atoms with Gasteiger partial charge in [0.1, 0.15) is 11.6 Å². The standard InChI is InChI=1S/C18H13N3O/c19-10-15-17(22)9-13-11-20-7-5-14(13)18(15)21-8-6-12-3-1-2-4-16(12)21/h1-5,7,11H,6,8-9H2. The Labute approximate surface area is 128 Å². The fourth-order valence-corrected chi connectivity index (χ4v) is 3.29. The van der Waals surface area contributed by atoms with E-state index in [0.717, 1.165) is 35.5 Å². The Morgan fingerprint density at radius 2 is 2.05 bits per heavy atom. The number of allylic oxidation sites excluding steroid dienone is 1. The van der Waals surface area contributed by atoms with Crippen molar-refractivity contribution in [1.82, 2.24) is 4.98 Å². The lowest BCUT2D eigenvalue weighted by Gasteiger charge is -2.28. The van der Waals surface area contributed by atoms with Crippen LogP contribution in [0.25, 0.3) is 5.70 Å². The van der Waals surface area contributed by atoms with E-state index in [9.17, 15) is 10.1 Å². The van der Waals surface area contributed by atoms with Crippen molar-refractivity contribution < 1.29 is 4.79 Å². The maximum absolute atomic E-state index is 12.3. The number of hydrogen-bond acceptors (Lipinski definition) is 4. The highest BCUT2D eigenvalue weighted by atomic mass is 16.1. The number of Topliss-reactive ketones (excluding diaryl/α,β-unsaturated/α-hetero) is 1. The first-order valence-electron chi connectivity index (χ1n) is 7.26. The maximum atomic E-state index is 12.3. The molecule has 0 atom stereocenters. The molecule has 0 fully saturated rings. The van der Waals surface area contributed by atoms with E-state index < -0.39 is 0 Å². The molecule has 0 spiro atoms. The molecule has 106 valence electrons. The average molecular weight is 287 g/mol. The van der Waals surface area contributed by atoms with Gasteiger partial charge < -0.3 is 4.90 Å². The molecule has 0 N–H and O–H groups in total. The third-order valence-electron chi connectivity index (χ3n) is 4.29. The van der Waals surface area contributed by atoms with Gasteiger partial charge in [-0.15, -0.1) is 0 Å². The lowest BCUT2D eigenvalue weighted by Crippen LogP contribution is -2.27. The Morgan fingerprint density at radius 1 is 1.18 bits per heavy atom. The number of fused-ring (bicyclic) bond motifs is 2. The van der Waals surface area contributed by atoms with Gasteiger partial charge in [0.15, 0.2) is 5.78 Å². The van der Waals surface area contributed by atoms with Crippen molar-refractivity contribution in [3.63, 3.8) is 0 Å². The lowest BCUT2D eigenvalue weighted by atomic mass is 9.89. The quantitative estimate of drug-likeness (QED) is 0.808. The predicted octanol–water partition coefficient (Wildman–Crippen LogP) is 2.50. The molecule has 0 unspecified atom stereocenters. The van der Waals surface area contributed by atoms with Crippen molar-refractivity contribution in [1.29, 1.82) is 5.26 Å². The molecule has 2 heterocycles. The van der Waals surface area contributed by atoms with Gasteiger partial charge in [-0.2, -0.15) is 5.26 Å². The maximum Gasteiger partial charge on any atom is 0.179 e. The minimum atomic E-state index is -0.123. The number of aromatic nitrogens is 1. The van der Waals surface area contributed by atoms with Crippen LogP contribution in [0, 0.1) is 11.3 Å². The second-order valence-electron chi connectivity index (χ2n) is 5.50. The van der Waals surface area contributed by atoms with Crippen molar-refractivity contribution in [3.05, 3.63) is 65.0 Å². The summed E-state index contributed by atoms with van der Waals surface area (Å²) >= 11 is 0. The zero-order valence-corrected chi connectivity index (χ0v) is 11.9. The summed E-state index contributed by atoms with van der Waals surface area (Å²) in [5.41, 5.74) is 5.17. The van der Waals surface area contributed by atoms with Crippen molar-refractivity contribution in [2.45, 2.75) is 12.8 Å². The van der Waals surface area contributed by atoms with E-state index in [0.29, 0.717) is 0 Å². The Bertz CT molecular complexity index is 861. The van der Waals surface area contributed by atoms with Crippen molar-refractivity contribution in [2.24, 2.45) is 0 Å². The highest BCUT2D eigenvalue weighted by molar-refractivity contribution is 6.12. The number of rotatable bonds is 1. The zero-order valence-electron chi connectivity index (χ0n) is 11.9. The molecule has 1 aromatic carbocycles. The smallest absolute Gasteiger partial charge is 0.179 e. The summed E-state index contributed by atoms with van der Waals surface area (Å²) in [6.07, 6.45) is 4.62. The van der Waals surface area contributed by atoms with Gasteiger partial charge in [0.05, 0.1) is 5.70 Å². The first-order valence-corrected chi connectivity index (χ1v) is 7.26. The molecular weight excluding hydrogens is 274 g/mol. The Hall–Kier alpha value is -2.93. The minimum Gasteiger partial charge on any atom is -0.339 e. The molecule has 1 aliphatic carbocycles. The van der Waals surface area contributed by atoms with Crippen LogP contribution in [0.4, 0.5) is 5.69 Å². The van der Waals surface area contributed by atoms with E-state index >= 15 is 0 Å². The number of pyridine rings is 1. The highest BCUT2D eigenvalue weighted by Crippen LogP contribution is 2.39. The number of para-hydroxylation sites is 1. The van der Waals surface area contributed by atoms with Gasteiger partial charge >= 0.3 is 0 Å². The van der Waals surface area contributed by atoms with Crippen LogP contribution >= 0.6 is 0 Å². The van der Waals surface area contributed by atoms with Crippen LogP contribution in [-0.4, -0.2) is 17.3 Å². The summed E-state index contributed by atoms with van der Waals surface area (Å²) in [6.45, 7) is 0.787. The molecule has 0 saturated carbocycles. The molecule has 0 amide bonds. The SMILES string of the molecule is N#CC1=C(N2CCc3ccccc32)c2ccncc2CC1=O. The van der Waals surface area contributed by atoms with Crippen LogP contribution in [-0.2, 0) is 17.6 Å². The predicted molar refractivity (Wildman–Crippen MR) is 83.0 cm³/mol. The summed E-state index contributed by atoms with van der Waals surface area (Å²) in [6, 6.07) is 12.2. The van der Waals surface area contributed by atoms with E-state index in [4.69, 9.17) is 0 Å². The summed E-state index contributed by atoms with van der Waals surface area (Å²) in [5, 5.41) is 9.49. The summed E-state index contributed by atoms with van der Waals surface area (Å²) < 4.78 is 0. The molecule has 2 aliphatic rings. The van der Waals surface area contributed by atoms with Gasteiger partial charge in [-0.1, -0.05) is 18.2 Å². The monoisotopic (exact) mass is 287 g/mol. The molecule has 0 saturated heterocycles. The molecule has 22 heavy (non-hydrogen) atoms. The summed E-state index contributed by atoms with van der Waals surface area (Å²) in [5.74, 6) is -0.123. The number of benzene rings is 1. The molecule has 2 aromatic rings. The Kier molecular flexibility index (Phi) is 2.80. The van der Waals surface area contributed by atoms with Crippen LogP contribution in [0.3, 0.4) is 0 Å². The highest BCUT2D eigenvalue weighted by Gasteiger charge is 2.32. The number of carbonyl (C=O) groups excluding carboxylic acids is 1. The molecule has 1 aromatic heterocycles. The van der Waals surface area contributed by atoms with Crippen LogP contribution in [0.5, 0.6) is 0 Å². The van der Waals surface area contributed by atoms with Crippen LogP contribution < -0.4 is 4.90 Å². The average Bonchev–Trinajstić information content (AvgIpc) is 2.97. The van der Waals surface area contributed by atoms with E-state index in [1.165, 1.54) is 5.56 Å². The number of anilines is 1. The third-order valence-corrected chi connectivity index (χ3v) is 4.29. The van der Waals surface area contributed by atoms with E-state index in [1.807, 2.05) is 24.3 Å². The van der Waals surface area contributed by atoms with Crippen LogP contribution in [0.2, 0.25) is 0 Å². The number of ketones is 1. The van der Waals surface area contributed by atoms with E-state index in [2.05, 4.69) is 22.0 Å². The summed E-state index contributed by atoms with van der Waals surface area (Å²) in [7, 11) is 0. The first kappa shape index (κ1) is 12.8. The molecule has 0 radical (unpaired) electrons. The van der Waals surface area contributed by atoms with E-state index in [1.54, 1.807) is 12.4 Å². The Balaban J connectivity index is 1.96. The minimum absolute atomic E-state index is 0.123. The van der Waals surface area contributed by atoms with Crippen LogP contribution in [0.1, 0.15) is 16.7 Å². The second kappa shape index (κ2) is 4.81. The van der Waals surface area contributed by atoms with Gasteiger partial charge in [-0.25, -0.2) is 0 Å². The lowest BCUT2D eigenvalue weighted by molar-refractivity contribution is -0.114. The van der Waals surface area contributed by atoms with Gasteiger partial charge in [-0.3, -0.25) is 9.78 Å². The number of nitrogens with zero attached hydrogens (tertiary/aromatic N) is 3. The number of hydrogen-bond donors (Lipinski definition) is 0. The fourth-order valence-electron chi connectivity index (χ4n) is 3.29.